The number of fused-ring (bicyclic) bond motifs is 1. The molecule has 3 rings (SSSR count). The molecule has 1 aliphatic heterocycles. The number of aliphatic imine (C=N–C) groups is 1. The molecule has 0 radical (unpaired) electrons. The molecular weight excluding hydrogens is 268 g/mol. The van der Waals surface area contributed by atoms with Gasteiger partial charge in [-0.3, -0.25) is 9.79 Å². The van der Waals surface area contributed by atoms with E-state index in [0.717, 1.165) is 11.3 Å². The number of carbonyl (C=O) groups excluding carboxylic acids is 1. The third-order valence-corrected chi connectivity index (χ3v) is 5.00. The van der Waals surface area contributed by atoms with Crippen molar-refractivity contribution in [1.82, 2.24) is 0 Å². The van der Waals surface area contributed by atoms with Crippen molar-refractivity contribution in [3.05, 3.63) is 65.2 Å². The smallest absolute Gasteiger partial charge is 0.207 e. The molecule has 0 spiro atoms. The van der Waals surface area contributed by atoms with E-state index in [-0.39, 0.29) is 5.12 Å². The fourth-order valence-electron chi connectivity index (χ4n) is 2.15. The monoisotopic (exact) mass is 280 g/mol. The first-order valence-electron chi connectivity index (χ1n) is 6.21. The fourth-order valence-corrected chi connectivity index (χ4v) is 3.84. The Kier molecular flexibility index (Phi) is 3.36. The zero-order chi connectivity index (χ0) is 13.9. The van der Waals surface area contributed by atoms with Crippen LogP contribution in [0.5, 0.6) is 0 Å². The molecule has 0 saturated heterocycles. The van der Waals surface area contributed by atoms with Gasteiger partial charge >= 0.3 is 0 Å². The van der Waals surface area contributed by atoms with Gasteiger partial charge in [-0.15, -0.1) is 10.9 Å². The number of rotatable bonds is 2. The van der Waals surface area contributed by atoms with Crippen LogP contribution in [0.2, 0.25) is 0 Å². The Hall–Kier alpha value is -2.38. The van der Waals surface area contributed by atoms with E-state index in [2.05, 4.69) is 11.1 Å². The third kappa shape index (κ3) is 2.36. The second-order valence-corrected chi connectivity index (χ2v) is 6.40. The lowest BCUT2D eigenvalue weighted by molar-refractivity contribution is 0.108. The molecule has 0 amide bonds. The number of thiol groups is 1. The summed E-state index contributed by atoms with van der Waals surface area (Å²) in [4.78, 5) is 16.8. The molecule has 1 atom stereocenters. The quantitative estimate of drug-likeness (QED) is 0.855. The Morgan fingerprint density at radius 3 is 2.85 bits per heavy atom. The van der Waals surface area contributed by atoms with Crippen molar-refractivity contribution in [2.75, 3.05) is 0 Å². The number of hydrogen-bond acceptors (Lipinski definition) is 3. The second kappa shape index (κ2) is 5.32. The highest BCUT2D eigenvalue weighted by molar-refractivity contribution is 8.39. The highest BCUT2D eigenvalue weighted by atomic mass is 32.2. The lowest BCUT2D eigenvalue weighted by Gasteiger charge is -2.20. The Morgan fingerprint density at radius 1 is 1.15 bits per heavy atom. The van der Waals surface area contributed by atoms with Crippen molar-refractivity contribution in [2.45, 2.75) is 5.75 Å². The number of nitrogens with zero attached hydrogens (tertiary/aromatic N) is 2. The van der Waals surface area contributed by atoms with E-state index in [1.165, 1.54) is 0 Å². The Bertz CT molecular complexity index is 746. The molecule has 4 heteroatoms. The largest absolute Gasteiger partial charge is 0.283 e. The van der Waals surface area contributed by atoms with E-state index in [0.29, 0.717) is 16.9 Å². The highest BCUT2D eigenvalue weighted by Gasteiger charge is 2.21. The molecule has 2 aromatic rings. The normalized spacial score (nSPS) is 18.4. The van der Waals surface area contributed by atoms with Crippen molar-refractivity contribution < 1.29 is 4.79 Å². The van der Waals surface area contributed by atoms with Crippen molar-refractivity contribution in [2.24, 2.45) is 4.99 Å². The van der Waals surface area contributed by atoms with Crippen LogP contribution in [0.4, 0.5) is 5.69 Å². The van der Waals surface area contributed by atoms with Crippen LogP contribution in [0, 0.1) is 11.3 Å². The number of nitriles is 1. The lowest BCUT2D eigenvalue weighted by Crippen LogP contribution is -2.07. The van der Waals surface area contributed by atoms with E-state index in [1.54, 1.807) is 11.6 Å². The average Bonchev–Trinajstić information content (AvgIpc) is 2.50. The maximum absolute atomic E-state index is 12.4. The highest BCUT2D eigenvalue weighted by Crippen LogP contribution is 2.39. The molecule has 0 aromatic heterocycles. The van der Waals surface area contributed by atoms with Gasteiger partial charge in [0, 0.05) is 11.3 Å². The lowest BCUT2D eigenvalue weighted by atomic mass is 10.2. The predicted octanol–water partition coefficient (Wildman–Crippen LogP) is 3.57. The summed E-state index contributed by atoms with van der Waals surface area (Å²) in [5.41, 5.74) is 4.87. The SMILES string of the molecule is N#Cc1cccc(C[SH]2C=Nc3ccccc3C2=O)c1. The van der Waals surface area contributed by atoms with Crippen molar-refractivity contribution in [3.63, 3.8) is 0 Å². The van der Waals surface area contributed by atoms with Crippen LogP contribution < -0.4 is 0 Å². The van der Waals surface area contributed by atoms with Crippen LogP contribution in [0.15, 0.2) is 53.5 Å². The number of para-hydroxylation sites is 1. The van der Waals surface area contributed by atoms with Crippen molar-refractivity contribution in [1.29, 1.82) is 5.26 Å². The molecule has 0 bridgehead atoms. The molecule has 3 nitrogen and oxygen atoms in total. The first-order chi connectivity index (χ1) is 9.78. The molecule has 1 aliphatic rings. The minimum absolute atomic E-state index is 0.160. The van der Waals surface area contributed by atoms with Gasteiger partial charge in [-0.05, 0) is 29.8 Å². The molecule has 0 fully saturated rings. The summed E-state index contributed by atoms with van der Waals surface area (Å²) in [5.74, 6) is 0.640. The van der Waals surface area contributed by atoms with Gasteiger partial charge in [-0.2, -0.15) is 5.26 Å². The van der Waals surface area contributed by atoms with Gasteiger partial charge in [0.25, 0.3) is 0 Å². The first-order valence-corrected chi connectivity index (χ1v) is 7.81. The van der Waals surface area contributed by atoms with Crippen LogP contribution in [-0.2, 0) is 5.75 Å². The molecule has 20 heavy (non-hydrogen) atoms. The second-order valence-electron chi connectivity index (χ2n) is 4.51. The number of benzene rings is 2. The topological polar surface area (TPSA) is 53.2 Å². The zero-order valence-corrected chi connectivity index (χ0v) is 11.5. The predicted molar refractivity (Wildman–Crippen MR) is 82.8 cm³/mol. The molecule has 1 unspecified atom stereocenters. The maximum atomic E-state index is 12.4. The van der Waals surface area contributed by atoms with Gasteiger partial charge < -0.3 is 0 Å². The maximum Gasteiger partial charge on any atom is 0.207 e. The molecule has 2 aromatic carbocycles. The Balaban J connectivity index is 1.87. The van der Waals surface area contributed by atoms with Gasteiger partial charge in [0.15, 0.2) is 0 Å². The molecule has 0 N–H and O–H groups in total. The van der Waals surface area contributed by atoms with Crippen LogP contribution in [0.25, 0.3) is 0 Å². The summed E-state index contributed by atoms with van der Waals surface area (Å²) < 4.78 is 0. The van der Waals surface area contributed by atoms with Gasteiger partial charge in [-0.1, -0.05) is 24.3 Å². The fraction of sp³-hybridized carbons (Fsp3) is 0.0625. The summed E-state index contributed by atoms with van der Waals surface area (Å²) in [5, 5.41) is 9.07. The van der Waals surface area contributed by atoms with Crippen LogP contribution in [0.1, 0.15) is 21.5 Å². The molecular formula is C16H12N2OS. The van der Waals surface area contributed by atoms with Crippen LogP contribution in [0.3, 0.4) is 0 Å². The molecule has 98 valence electrons. The van der Waals surface area contributed by atoms with Gasteiger partial charge in [0.05, 0.1) is 22.9 Å². The molecule has 0 saturated carbocycles. The minimum Gasteiger partial charge on any atom is -0.283 e. The number of carbonyl (C=O) groups is 1. The van der Waals surface area contributed by atoms with E-state index >= 15 is 0 Å². The van der Waals surface area contributed by atoms with Gasteiger partial charge in [0.2, 0.25) is 5.12 Å². The van der Waals surface area contributed by atoms with E-state index in [1.807, 2.05) is 42.5 Å². The first kappa shape index (κ1) is 12.6. The van der Waals surface area contributed by atoms with E-state index in [9.17, 15) is 4.79 Å². The zero-order valence-electron chi connectivity index (χ0n) is 10.7. The van der Waals surface area contributed by atoms with Crippen LogP contribution in [-0.4, -0.2) is 10.7 Å². The van der Waals surface area contributed by atoms with Gasteiger partial charge in [0.1, 0.15) is 0 Å². The summed E-state index contributed by atoms with van der Waals surface area (Å²) in [7, 11) is -0.953. The summed E-state index contributed by atoms with van der Waals surface area (Å²) in [6.07, 6.45) is 0. The minimum atomic E-state index is -0.953. The Morgan fingerprint density at radius 2 is 2.00 bits per heavy atom. The van der Waals surface area contributed by atoms with Crippen LogP contribution >= 0.6 is 10.9 Å². The average molecular weight is 280 g/mol. The summed E-state index contributed by atoms with van der Waals surface area (Å²) in [6, 6.07) is 17.0. The van der Waals surface area contributed by atoms with Crippen molar-refractivity contribution >= 4 is 27.2 Å². The summed E-state index contributed by atoms with van der Waals surface area (Å²) in [6.45, 7) is 0. The number of hydrogen-bond donors (Lipinski definition) is 1. The third-order valence-electron chi connectivity index (χ3n) is 3.14. The summed E-state index contributed by atoms with van der Waals surface area (Å²) >= 11 is 0. The Labute approximate surface area is 119 Å². The van der Waals surface area contributed by atoms with Gasteiger partial charge in [-0.25, -0.2) is 0 Å². The van der Waals surface area contributed by atoms with E-state index < -0.39 is 10.9 Å². The molecule has 1 heterocycles. The van der Waals surface area contributed by atoms with E-state index in [4.69, 9.17) is 5.26 Å². The molecule has 0 aliphatic carbocycles. The standard InChI is InChI=1S/C16H12N2OS/c17-9-12-4-3-5-13(8-12)10-20-11-18-15-7-2-1-6-14(15)16(20)19/h1-8,11,20H,10H2. The van der Waals surface area contributed by atoms with Crippen molar-refractivity contribution in [3.8, 4) is 6.07 Å².